The summed E-state index contributed by atoms with van der Waals surface area (Å²) >= 11 is 0. The summed E-state index contributed by atoms with van der Waals surface area (Å²) in [5.41, 5.74) is 0.302. The number of amides is 1. The molecule has 0 radical (unpaired) electrons. The van der Waals surface area contributed by atoms with Crippen molar-refractivity contribution in [2.75, 3.05) is 19.7 Å². The zero-order valence-corrected chi connectivity index (χ0v) is 14.4. The van der Waals surface area contributed by atoms with Crippen molar-refractivity contribution in [3.63, 3.8) is 0 Å². The number of fused-ring (bicyclic) bond motifs is 1. The van der Waals surface area contributed by atoms with Crippen LogP contribution in [0.5, 0.6) is 0 Å². The second-order valence-electron chi connectivity index (χ2n) is 5.81. The fraction of sp³-hybridized carbons (Fsp3) is 0.471. The molecule has 0 saturated carbocycles. The molecular weight excluding hydrogens is 322 g/mol. The summed E-state index contributed by atoms with van der Waals surface area (Å²) < 4.78 is 6.75. The molecular formula is C17H21N5O3. The maximum absolute atomic E-state index is 12.6. The van der Waals surface area contributed by atoms with Crippen LogP contribution in [0.3, 0.4) is 0 Å². The van der Waals surface area contributed by atoms with Gasteiger partial charge in [-0.25, -0.2) is 19.7 Å². The monoisotopic (exact) mass is 343 g/mol. The fourth-order valence-corrected chi connectivity index (χ4v) is 2.96. The van der Waals surface area contributed by atoms with Crippen molar-refractivity contribution in [3.8, 4) is 11.5 Å². The molecule has 1 amide bonds. The highest BCUT2D eigenvalue weighted by Crippen LogP contribution is 2.23. The molecule has 2 aromatic heterocycles. The predicted octanol–water partition coefficient (Wildman–Crippen LogP) is 1.67. The van der Waals surface area contributed by atoms with Gasteiger partial charge in [-0.05, 0) is 19.4 Å². The molecule has 3 heterocycles. The van der Waals surface area contributed by atoms with Crippen molar-refractivity contribution in [1.82, 2.24) is 24.4 Å². The lowest BCUT2D eigenvalue weighted by Gasteiger charge is -2.22. The third-order valence-electron chi connectivity index (χ3n) is 4.25. The fourth-order valence-electron chi connectivity index (χ4n) is 2.96. The van der Waals surface area contributed by atoms with Gasteiger partial charge in [0.1, 0.15) is 11.5 Å². The van der Waals surface area contributed by atoms with Crippen LogP contribution in [0.15, 0.2) is 29.3 Å². The number of ether oxygens (including phenoxy) is 1. The molecule has 1 aliphatic heterocycles. The van der Waals surface area contributed by atoms with Crippen molar-refractivity contribution in [2.45, 2.75) is 32.7 Å². The van der Waals surface area contributed by atoms with Crippen LogP contribution in [0.4, 0.5) is 4.79 Å². The Balaban J connectivity index is 2.00. The second-order valence-corrected chi connectivity index (χ2v) is 5.81. The first kappa shape index (κ1) is 17.1. The molecule has 0 bridgehead atoms. The van der Waals surface area contributed by atoms with E-state index in [-0.39, 0.29) is 17.6 Å². The number of rotatable bonds is 3. The molecule has 0 N–H and O–H groups in total. The number of carbonyl (C=O) groups excluding carboxylic acids is 1. The van der Waals surface area contributed by atoms with E-state index in [2.05, 4.69) is 15.0 Å². The van der Waals surface area contributed by atoms with Crippen LogP contribution >= 0.6 is 0 Å². The maximum Gasteiger partial charge on any atom is 0.409 e. The van der Waals surface area contributed by atoms with Gasteiger partial charge in [-0.1, -0.05) is 6.92 Å². The summed E-state index contributed by atoms with van der Waals surface area (Å²) in [5, 5.41) is 0. The smallest absolute Gasteiger partial charge is 0.409 e. The lowest BCUT2D eigenvalue weighted by molar-refractivity contribution is 0.105. The Morgan fingerprint density at radius 3 is 2.72 bits per heavy atom. The summed E-state index contributed by atoms with van der Waals surface area (Å²) in [7, 11) is 0. The Morgan fingerprint density at radius 1 is 1.28 bits per heavy atom. The SMILES string of the molecule is CCOC(=O)N1CCn2c(nc(-c3ncccn3)cc2=O)C(CC)C1. The number of hydrogen-bond donors (Lipinski definition) is 0. The third-order valence-corrected chi connectivity index (χ3v) is 4.25. The number of aromatic nitrogens is 4. The zero-order chi connectivity index (χ0) is 17.8. The normalized spacial score (nSPS) is 16.9. The van der Waals surface area contributed by atoms with E-state index in [1.165, 1.54) is 6.07 Å². The molecule has 25 heavy (non-hydrogen) atoms. The molecule has 1 aliphatic rings. The second kappa shape index (κ2) is 7.42. The average Bonchev–Trinajstić information content (AvgIpc) is 2.82. The first-order valence-corrected chi connectivity index (χ1v) is 8.44. The van der Waals surface area contributed by atoms with E-state index in [1.54, 1.807) is 34.9 Å². The van der Waals surface area contributed by atoms with Gasteiger partial charge in [0.2, 0.25) is 0 Å². The predicted molar refractivity (Wildman–Crippen MR) is 91.2 cm³/mol. The highest BCUT2D eigenvalue weighted by atomic mass is 16.6. The van der Waals surface area contributed by atoms with Gasteiger partial charge in [-0.3, -0.25) is 9.36 Å². The molecule has 0 fully saturated rings. The number of nitrogens with zero attached hydrogens (tertiary/aromatic N) is 5. The molecule has 132 valence electrons. The van der Waals surface area contributed by atoms with Crippen LogP contribution in [0.1, 0.15) is 32.0 Å². The van der Waals surface area contributed by atoms with E-state index < -0.39 is 0 Å². The van der Waals surface area contributed by atoms with Crippen molar-refractivity contribution >= 4 is 6.09 Å². The lowest BCUT2D eigenvalue weighted by atomic mass is 10.1. The van der Waals surface area contributed by atoms with Gasteiger partial charge >= 0.3 is 6.09 Å². The Kier molecular flexibility index (Phi) is 5.06. The van der Waals surface area contributed by atoms with Crippen molar-refractivity contribution in [3.05, 3.63) is 40.7 Å². The van der Waals surface area contributed by atoms with Gasteiger partial charge in [0.05, 0.1) is 6.61 Å². The molecule has 1 unspecified atom stereocenters. The van der Waals surface area contributed by atoms with E-state index in [4.69, 9.17) is 4.74 Å². The first-order chi connectivity index (χ1) is 12.1. The molecule has 2 aromatic rings. The van der Waals surface area contributed by atoms with Crippen LogP contribution in [0, 0.1) is 0 Å². The van der Waals surface area contributed by atoms with Crippen molar-refractivity contribution in [1.29, 1.82) is 0 Å². The molecule has 0 spiro atoms. The Labute approximate surface area is 145 Å². The summed E-state index contributed by atoms with van der Waals surface area (Å²) in [6, 6.07) is 3.16. The van der Waals surface area contributed by atoms with Crippen molar-refractivity contribution in [2.24, 2.45) is 0 Å². The van der Waals surface area contributed by atoms with Crippen LogP contribution in [-0.4, -0.2) is 50.2 Å². The van der Waals surface area contributed by atoms with Gasteiger partial charge < -0.3 is 9.64 Å². The van der Waals surface area contributed by atoms with Gasteiger partial charge in [-0.15, -0.1) is 0 Å². The van der Waals surface area contributed by atoms with Gasteiger partial charge in [0.25, 0.3) is 5.56 Å². The van der Waals surface area contributed by atoms with Gasteiger partial charge in [0.15, 0.2) is 5.82 Å². The highest BCUT2D eigenvalue weighted by molar-refractivity contribution is 5.67. The van der Waals surface area contributed by atoms with E-state index in [0.717, 1.165) is 6.42 Å². The Hall–Kier alpha value is -2.77. The Bertz CT molecular complexity index is 806. The maximum atomic E-state index is 12.6. The van der Waals surface area contributed by atoms with Crippen LogP contribution in [-0.2, 0) is 11.3 Å². The average molecular weight is 343 g/mol. The number of carbonyl (C=O) groups is 1. The quantitative estimate of drug-likeness (QED) is 0.842. The zero-order valence-electron chi connectivity index (χ0n) is 14.4. The standard InChI is InChI=1S/C17H21N5O3/c1-3-12-11-21(17(24)25-4-2)8-9-22-14(23)10-13(20-16(12)22)15-18-6-5-7-19-15/h5-7,10,12H,3-4,8-9,11H2,1-2H3. The highest BCUT2D eigenvalue weighted by Gasteiger charge is 2.28. The molecule has 0 saturated heterocycles. The summed E-state index contributed by atoms with van der Waals surface area (Å²) in [5.74, 6) is 1.04. The number of hydrogen-bond acceptors (Lipinski definition) is 6. The van der Waals surface area contributed by atoms with Crippen LogP contribution in [0.25, 0.3) is 11.5 Å². The first-order valence-electron chi connectivity index (χ1n) is 8.44. The molecule has 0 aliphatic carbocycles. The summed E-state index contributed by atoms with van der Waals surface area (Å²) in [4.78, 5) is 39.4. The summed E-state index contributed by atoms with van der Waals surface area (Å²) in [6.07, 6.45) is 3.63. The largest absolute Gasteiger partial charge is 0.450 e. The van der Waals surface area contributed by atoms with Gasteiger partial charge in [-0.2, -0.15) is 0 Å². The van der Waals surface area contributed by atoms with Gasteiger partial charge in [0, 0.05) is 44.0 Å². The molecule has 3 rings (SSSR count). The van der Waals surface area contributed by atoms with E-state index in [0.29, 0.717) is 43.6 Å². The topological polar surface area (TPSA) is 90.2 Å². The molecule has 8 nitrogen and oxygen atoms in total. The summed E-state index contributed by atoms with van der Waals surface area (Å²) in [6.45, 7) is 5.41. The lowest BCUT2D eigenvalue weighted by Crippen LogP contribution is -2.35. The van der Waals surface area contributed by atoms with Crippen molar-refractivity contribution < 1.29 is 9.53 Å². The van der Waals surface area contributed by atoms with E-state index in [1.807, 2.05) is 6.92 Å². The Morgan fingerprint density at radius 2 is 2.04 bits per heavy atom. The molecule has 1 atom stereocenters. The minimum Gasteiger partial charge on any atom is -0.450 e. The molecule has 0 aromatic carbocycles. The van der Waals surface area contributed by atoms with Crippen LogP contribution in [0.2, 0.25) is 0 Å². The minimum absolute atomic E-state index is 0.0525. The minimum atomic E-state index is -0.353. The third kappa shape index (κ3) is 3.52. The van der Waals surface area contributed by atoms with E-state index >= 15 is 0 Å². The van der Waals surface area contributed by atoms with E-state index in [9.17, 15) is 9.59 Å². The van der Waals surface area contributed by atoms with Crippen LogP contribution < -0.4 is 5.56 Å². The molecule has 8 heteroatoms.